The van der Waals surface area contributed by atoms with Gasteiger partial charge < -0.3 is 9.64 Å². The van der Waals surface area contributed by atoms with Crippen LogP contribution in [0, 0.1) is 10.1 Å². The number of carbonyl (C=O) groups excluding carboxylic acids is 1. The highest BCUT2D eigenvalue weighted by Gasteiger charge is 2.21. The number of non-ortho nitro benzene ring substituents is 1. The van der Waals surface area contributed by atoms with Gasteiger partial charge in [0, 0.05) is 29.7 Å². The minimum Gasteiger partial charge on any atom is -0.422 e. The van der Waals surface area contributed by atoms with Crippen LogP contribution in [0.25, 0.3) is 0 Å². The van der Waals surface area contributed by atoms with Crippen LogP contribution < -0.4 is 4.74 Å². The summed E-state index contributed by atoms with van der Waals surface area (Å²) in [5.74, 6) is -0.221. The van der Waals surface area contributed by atoms with Crippen LogP contribution in [0.15, 0.2) is 46.9 Å². The summed E-state index contributed by atoms with van der Waals surface area (Å²) < 4.78 is 6.36. The van der Waals surface area contributed by atoms with Gasteiger partial charge in [0.15, 0.2) is 0 Å². The molecule has 134 valence electrons. The van der Waals surface area contributed by atoms with E-state index in [2.05, 4.69) is 20.8 Å². The van der Waals surface area contributed by atoms with Crippen molar-refractivity contribution < 1.29 is 14.5 Å². The molecule has 1 heterocycles. The Morgan fingerprint density at radius 2 is 1.81 bits per heavy atom. The number of nitro benzene ring substituents is 1. The summed E-state index contributed by atoms with van der Waals surface area (Å²) in [7, 11) is 0. The van der Waals surface area contributed by atoms with E-state index in [1.54, 1.807) is 12.1 Å². The first kappa shape index (κ1) is 18.5. The number of hydrogen-bond donors (Lipinski definition) is 0. The molecule has 3 rings (SSSR count). The van der Waals surface area contributed by atoms with Crippen LogP contribution in [0.3, 0.4) is 0 Å². The molecule has 1 aliphatic heterocycles. The third-order valence-electron chi connectivity index (χ3n) is 4.08. The van der Waals surface area contributed by atoms with Gasteiger partial charge in [0.1, 0.15) is 10.7 Å². The second kappa shape index (κ2) is 7.92. The molecule has 0 radical (unpaired) electrons. The minimum atomic E-state index is -0.590. The van der Waals surface area contributed by atoms with Crippen molar-refractivity contribution in [1.82, 2.24) is 4.90 Å². The second-order valence-corrected chi connectivity index (χ2v) is 7.14. The van der Waals surface area contributed by atoms with Crippen LogP contribution in [0.4, 0.5) is 5.69 Å². The molecule has 0 amide bonds. The van der Waals surface area contributed by atoms with Gasteiger partial charge in [-0.2, -0.15) is 0 Å². The molecule has 6 nitrogen and oxygen atoms in total. The number of nitrogens with zero attached hydrogens (tertiary/aromatic N) is 2. The summed E-state index contributed by atoms with van der Waals surface area (Å²) in [5, 5.41) is 10.7. The van der Waals surface area contributed by atoms with Crippen LogP contribution in [-0.4, -0.2) is 33.9 Å². The molecule has 8 heteroatoms. The number of ether oxygens (including phenoxy) is 1. The summed E-state index contributed by atoms with van der Waals surface area (Å²) in [5.41, 5.74) is 0.823. The Morgan fingerprint density at radius 1 is 1.15 bits per heavy atom. The number of rotatable bonds is 4. The molecule has 0 aromatic heterocycles. The Hall–Kier alpha value is -2.32. The number of esters is 1. The molecule has 1 saturated heterocycles. The molecule has 0 unspecified atom stereocenters. The lowest BCUT2D eigenvalue weighted by molar-refractivity contribution is -0.384. The summed E-state index contributed by atoms with van der Waals surface area (Å²) in [6.45, 7) is 1.78. The Bertz CT molecular complexity index is 864. The van der Waals surface area contributed by atoms with Crippen molar-refractivity contribution in [2.45, 2.75) is 12.8 Å². The fraction of sp³-hybridized carbons (Fsp3) is 0.222. The van der Waals surface area contributed by atoms with Gasteiger partial charge in [0.25, 0.3) is 5.69 Å². The van der Waals surface area contributed by atoms with Gasteiger partial charge in [-0.15, -0.1) is 0 Å². The number of carbonyl (C=O) groups is 1. The number of likely N-dealkylation sites (tertiary alicyclic amines) is 1. The third kappa shape index (κ3) is 4.08. The molecule has 0 N–H and O–H groups in total. The highest BCUT2D eigenvalue weighted by atomic mass is 79.9. The lowest BCUT2D eigenvalue weighted by Crippen LogP contribution is -2.27. The second-order valence-electron chi connectivity index (χ2n) is 5.83. The van der Waals surface area contributed by atoms with Gasteiger partial charge in [-0.1, -0.05) is 28.1 Å². The van der Waals surface area contributed by atoms with Crippen molar-refractivity contribution in [2.24, 2.45) is 0 Å². The number of halogens is 1. The van der Waals surface area contributed by atoms with E-state index in [1.807, 2.05) is 6.07 Å². The van der Waals surface area contributed by atoms with E-state index < -0.39 is 10.9 Å². The van der Waals surface area contributed by atoms with Gasteiger partial charge in [-0.05, 0) is 43.2 Å². The van der Waals surface area contributed by atoms with Crippen LogP contribution in [0.2, 0.25) is 0 Å². The molecular weight excluding hydrogens is 420 g/mol. The summed E-state index contributed by atoms with van der Waals surface area (Å²) >= 11 is 9.00. The average molecular weight is 435 g/mol. The molecule has 1 aliphatic rings. The smallest absolute Gasteiger partial charge is 0.343 e. The zero-order chi connectivity index (χ0) is 18.7. The molecule has 0 saturated carbocycles. The largest absolute Gasteiger partial charge is 0.422 e. The maximum absolute atomic E-state index is 12.4. The number of thiocarbonyl (C=S) groups is 1. The number of hydrogen-bond acceptors (Lipinski definition) is 5. The monoisotopic (exact) mass is 434 g/mol. The maximum atomic E-state index is 12.4. The van der Waals surface area contributed by atoms with E-state index in [-0.39, 0.29) is 11.3 Å². The normalized spacial score (nSPS) is 13.5. The quantitative estimate of drug-likeness (QED) is 0.234. The zero-order valence-corrected chi connectivity index (χ0v) is 16.1. The minimum absolute atomic E-state index is 0.0823. The maximum Gasteiger partial charge on any atom is 0.343 e. The van der Waals surface area contributed by atoms with Crippen molar-refractivity contribution in [2.75, 3.05) is 13.1 Å². The first-order valence-corrected chi connectivity index (χ1v) is 9.21. The van der Waals surface area contributed by atoms with E-state index in [9.17, 15) is 14.9 Å². The Kier molecular flexibility index (Phi) is 5.63. The Morgan fingerprint density at radius 3 is 2.42 bits per heavy atom. The summed E-state index contributed by atoms with van der Waals surface area (Å²) in [6, 6.07) is 10.6. The van der Waals surface area contributed by atoms with Crippen molar-refractivity contribution in [1.29, 1.82) is 0 Å². The summed E-state index contributed by atoms with van der Waals surface area (Å²) in [6.07, 6.45) is 2.18. The first-order chi connectivity index (χ1) is 12.5. The van der Waals surface area contributed by atoms with Crippen LogP contribution in [-0.2, 0) is 0 Å². The Labute approximate surface area is 164 Å². The van der Waals surface area contributed by atoms with Crippen LogP contribution in [0.1, 0.15) is 28.8 Å². The highest BCUT2D eigenvalue weighted by molar-refractivity contribution is 9.10. The molecule has 0 bridgehead atoms. The van der Waals surface area contributed by atoms with E-state index >= 15 is 0 Å². The van der Waals surface area contributed by atoms with Gasteiger partial charge >= 0.3 is 5.97 Å². The molecule has 0 atom stereocenters. The Balaban J connectivity index is 1.83. The van der Waals surface area contributed by atoms with Gasteiger partial charge in [-0.3, -0.25) is 10.1 Å². The molecule has 2 aromatic rings. The average Bonchev–Trinajstić information content (AvgIpc) is 3.17. The molecule has 0 spiro atoms. The van der Waals surface area contributed by atoms with E-state index in [1.165, 1.54) is 24.3 Å². The molecule has 2 aromatic carbocycles. The van der Waals surface area contributed by atoms with Gasteiger partial charge in [0.05, 0.1) is 16.1 Å². The number of nitro groups is 1. The predicted octanol–water partition coefficient (Wildman–Crippen LogP) is 4.35. The van der Waals surface area contributed by atoms with Gasteiger partial charge in [-0.25, -0.2) is 4.79 Å². The topological polar surface area (TPSA) is 72.7 Å². The predicted molar refractivity (Wildman–Crippen MR) is 105 cm³/mol. The first-order valence-electron chi connectivity index (χ1n) is 8.01. The highest BCUT2D eigenvalue weighted by Crippen LogP contribution is 2.27. The lowest BCUT2D eigenvalue weighted by Gasteiger charge is -2.20. The molecule has 26 heavy (non-hydrogen) atoms. The SMILES string of the molecule is O=C(Oc1ccc(Br)cc1C(=S)N1CCCC1)c1ccc([N+](=O)[O-])cc1. The lowest BCUT2D eigenvalue weighted by atomic mass is 10.1. The van der Waals surface area contributed by atoms with E-state index in [0.29, 0.717) is 16.3 Å². The number of benzene rings is 2. The van der Waals surface area contributed by atoms with Crippen LogP contribution >= 0.6 is 28.1 Å². The van der Waals surface area contributed by atoms with E-state index in [4.69, 9.17) is 17.0 Å². The molecule has 1 fully saturated rings. The standard InChI is InChI=1S/C18H15BrN2O4S/c19-13-5-8-16(15(11-13)17(26)20-9-1-2-10-20)25-18(22)12-3-6-14(7-4-12)21(23)24/h3-8,11H,1-2,9-10H2. The fourth-order valence-corrected chi connectivity index (χ4v) is 3.43. The van der Waals surface area contributed by atoms with E-state index in [0.717, 1.165) is 30.4 Å². The van der Waals surface area contributed by atoms with Crippen molar-refractivity contribution in [3.8, 4) is 5.75 Å². The van der Waals surface area contributed by atoms with Crippen molar-refractivity contribution in [3.05, 3.63) is 68.2 Å². The molecule has 0 aliphatic carbocycles. The third-order valence-corrected chi connectivity index (χ3v) is 5.05. The van der Waals surface area contributed by atoms with Crippen LogP contribution in [0.5, 0.6) is 5.75 Å². The van der Waals surface area contributed by atoms with Gasteiger partial charge in [0.2, 0.25) is 0 Å². The van der Waals surface area contributed by atoms with Crippen molar-refractivity contribution >= 4 is 44.8 Å². The fourth-order valence-electron chi connectivity index (χ4n) is 2.73. The zero-order valence-electron chi connectivity index (χ0n) is 13.7. The summed E-state index contributed by atoms with van der Waals surface area (Å²) in [4.78, 5) is 25.4. The molecular formula is C18H15BrN2O4S. The van der Waals surface area contributed by atoms with Crippen molar-refractivity contribution in [3.63, 3.8) is 0 Å².